The number of rotatable bonds is 6. The van der Waals surface area contributed by atoms with Crippen molar-refractivity contribution in [3.05, 3.63) is 66.2 Å². The van der Waals surface area contributed by atoms with E-state index in [1.807, 2.05) is 70.7 Å². The van der Waals surface area contributed by atoms with Gasteiger partial charge in [-0.2, -0.15) is 0 Å². The molecule has 4 rings (SSSR count). The highest BCUT2D eigenvalue weighted by Crippen LogP contribution is 2.22. The van der Waals surface area contributed by atoms with Crippen molar-refractivity contribution in [2.75, 3.05) is 0 Å². The Morgan fingerprint density at radius 3 is 2.71 bits per heavy atom. The summed E-state index contributed by atoms with van der Waals surface area (Å²) in [5.41, 5.74) is 2.38. The van der Waals surface area contributed by atoms with Crippen LogP contribution in [0.15, 0.2) is 54.9 Å². The van der Waals surface area contributed by atoms with E-state index in [-0.39, 0.29) is 17.7 Å². The number of benzene rings is 1. The molecule has 3 aromatic heterocycles. The molecule has 1 aromatic carbocycles. The van der Waals surface area contributed by atoms with E-state index >= 15 is 0 Å². The Morgan fingerprint density at radius 2 is 1.89 bits per heavy atom. The van der Waals surface area contributed by atoms with E-state index < -0.39 is 0 Å². The van der Waals surface area contributed by atoms with Crippen LogP contribution in [0.1, 0.15) is 42.5 Å². The zero-order valence-electron chi connectivity index (χ0n) is 15.8. The number of pyridine rings is 1. The van der Waals surface area contributed by atoms with E-state index in [9.17, 15) is 9.59 Å². The highest BCUT2D eigenvalue weighted by Gasteiger charge is 2.16. The van der Waals surface area contributed by atoms with Crippen LogP contribution in [-0.4, -0.2) is 30.9 Å². The molecule has 7 heteroatoms. The van der Waals surface area contributed by atoms with Crippen LogP contribution >= 0.6 is 0 Å². The molecular weight excluding hydrogens is 354 g/mol. The third kappa shape index (κ3) is 3.26. The van der Waals surface area contributed by atoms with E-state index in [4.69, 9.17) is 0 Å². The summed E-state index contributed by atoms with van der Waals surface area (Å²) >= 11 is 0. The van der Waals surface area contributed by atoms with Crippen molar-refractivity contribution in [3.8, 4) is 0 Å². The van der Waals surface area contributed by atoms with Crippen LogP contribution in [0.25, 0.3) is 16.6 Å². The van der Waals surface area contributed by atoms with Gasteiger partial charge in [-0.05, 0) is 32.0 Å². The van der Waals surface area contributed by atoms with Crippen LogP contribution in [0.4, 0.5) is 0 Å². The average molecular weight is 375 g/mol. The van der Waals surface area contributed by atoms with E-state index in [0.717, 1.165) is 16.6 Å². The number of nitrogens with one attached hydrogen (secondary N) is 1. The smallest absolute Gasteiger partial charge is 0.222 e. The monoisotopic (exact) mass is 375 g/mol. The standard InChI is InChI=1S/C21H21N5O2/c1-14(21-24-23-19-9-5-6-11-26(19)21)22-20(28)10-12-25-13-17(15(2)27)16-7-3-4-8-18(16)25/h3-9,11,13-14H,10,12H2,1-2H3,(H,22,28). The number of carbonyl (C=O) groups is 2. The molecule has 0 saturated carbocycles. The zero-order chi connectivity index (χ0) is 19.7. The molecule has 0 spiro atoms. The number of para-hydroxylation sites is 1. The van der Waals surface area contributed by atoms with E-state index in [2.05, 4.69) is 15.5 Å². The number of aromatic nitrogens is 4. The summed E-state index contributed by atoms with van der Waals surface area (Å²) in [6.07, 6.45) is 4.01. The van der Waals surface area contributed by atoms with Gasteiger partial charge >= 0.3 is 0 Å². The molecule has 0 fully saturated rings. The minimum atomic E-state index is -0.265. The van der Waals surface area contributed by atoms with Crippen LogP contribution in [0.5, 0.6) is 0 Å². The van der Waals surface area contributed by atoms with Gasteiger partial charge < -0.3 is 9.88 Å². The van der Waals surface area contributed by atoms with Crippen molar-refractivity contribution in [2.24, 2.45) is 0 Å². The first-order chi connectivity index (χ1) is 13.5. The lowest BCUT2D eigenvalue weighted by molar-refractivity contribution is -0.122. The highest BCUT2D eigenvalue weighted by atomic mass is 16.1. The molecule has 0 radical (unpaired) electrons. The van der Waals surface area contributed by atoms with Gasteiger partial charge in [-0.3, -0.25) is 14.0 Å². The van der Waals surface area contributed by atoms with Crippen molar-refractivity contribution in [1.82, 2.24) is 24.5 Å². The first-order valence-corrected chi connectivity index (χ1v) is 9.22. The van der Waals surface area contributed by atoms with E-state index in [0.29, 0.717) is 24.4 Å². The van der Waals surface area contributed by atoms with Crippen LogP contribution in [0.3, 0.4) is 0 Å². The minimum Gasteiger partial charge on any atom is -0.346 e. The van der Waals surface area contributed by atoms with Crippen molar-refractivity contribution in [3.63, 3.8) is 0 Å². The number of hydrogen-bond donors (Lipinski definition) is 1. The predicted octanol–water partition coefficient (Wildman–Crippen LogP) is 3.15. The maximum atomic E-state index is 12.5. The quantitative estimate of drug-likeness (QED) is 0.525. The van der Waals surface area contributed by atoms with Gasteiger partial charge in [-0.1, -0.05) is 24.3 Å². The lowest BCUT2D eigenvalue weighted by Gasteiger charge is -2.13. The van der Waals surface area contributed by atoms with Gasteiger partial charge in [0.1, 0.15) is 0 Å². The van der Waals surface area contributed by atoms with Crippen molar-refractivity contribution < 1.29 is 9.59 Å². The predicted molar refractivity (Wildman–Crippen MR) is 106 cm³/mol. The summed E-state index contributed by atoms with van der Waals surface area (Å²) in [5.74, 6) is 0.628. The van der Waals surface area contributed by atoms with Gasteiger partial charge in [0.25, 0.3) is 0 Å². The number of amides is 1. The fourth-order valence-electron chi connectivity index (χ4n) is 3.47. The number of carbonyl (C=O) groups excluding carboxylic acids is 2. The van der Waals surface area contributed by atoms with Crippen molar-refractivity contribution >= 4 is 28.2 Å². The molecule has 0 aliphatic rings. The molecular formula is C21H21N5O2. The largest absolute Gasteiger partial charge is 0.346 e. The summed E-state index contributed by atoms with van der Waals surface area (Å²) in [7, 11) is 0. The second-order valence-corrected chi connectivity index (χ2v) is 6.84. The number of ketones is 1. The topological polar surface area (TPSA) is 81.3 Å². The van der Waals surface area contributed by atoms with Gasteiger partial charge in [-0.15, -0.1) is 10.2 Å². The maximum absolute atomic E-state index is 12.5. The van der Waals surface area contributed by atoms with Crippen molar-refractivity contribution in [1.29, 1.82) is 0 Å². The third-order valence-electron chi connectivity index (χ3n) is 4.85. The molecule has 28 heavy (non-hydrogen) atoms. The Bertz CT molecular complexity index is 1170. The zero-order valence-corrected chi connectivity index (χ0v) is 15.8. The van der Waals surface area contributed by atoms with Gasteiger partial charge in [-0.25, -0.2) is 0 Å². The summed E-state index contributed by atoms with van der Waals surface area (Å²) in [6, 6.07) is 13.1. The molecule has 3 heterocycles. The second kappa shape index (κ2) is 7.26. The summed E-state index contributed by atoms with van der Waals surface area (Å²) in [4.78, 5) is 24.4. The molecule has 0 aliphatic carbocycles. The van der Waals surface area contributed by atoms with Crippen LogP contribution in [0.2, 0.25) is 0 Å². The number of Topliss-reactive ketones (excluding diaryl/α,β-unsaturated/α-hetero) is 1. The molecule has 142 valence electrons. The molecule has 1 atom stereocenters. The number of nitrogens with zero attached hydrogens (tertiary/aromatic N) is 4. The second-order valence-electron chi connectivity index (χ2n) is 6.84. The molecule has 1 N–H and O–H groups in total. The summed E-state index contributed by atoms with van der Waals surface area (Å²) in [5, 5.41) is 12.2. The van der Waals surface area contributed by atoms with Gasteiger partial charge in [0, 0.05) is 41.8 Å². The molecule has 7 nitrogen and oxygen atoms in total. The van der Waals surface area contributed by atoms with E-state index in [1.54, 1.807) is 6.92 Å². The highest BCUT2D eigenvalue weighted by molar-refractivity contribution is 6.06. The van der Waals surface area contributed by atoms with Crippen LogP contribution in [-0.2, 0) is 11.3 Å². The van der Waals surface area contributed by atoms with Crippen molar-refractivity contribution in [2.45, 2.75) is 32.9 Å². The number of fused-ring (bicyclic) bond motifs is 2. The fourth-order valence-corrected chi connectivity index (χ4v) is 3.47. The van der Waals surface area contributed by atoms with Crippen LogP contribution < -0.4 is 5.32 Å². The summed E-state index contributed by atoms with van der Waals surface area (Å²) < 4.78 is 3.83. The third-order valence-corrected chi connectivity index (χ3v) is 4.85. The summed E-state index contributed by atoms with van der Waals surface area (Å²) in [6.45, 7) is 3.94. The molecule has 1 amide bonds. The maximum Gasteiger partial charge on any atom is 0.222 e. The minimum absolute atomic E-state index is 0.0201. The Labute approximate surface area is 162 Å². The van der Waals surface area contributed by atoms with Gasteiger partial charge in [0.15, 0.2) is 17.3 Å². The Balaban J connectivity index is 1.46. The lowest BCUT2D eigenvalue weighted by atomic mass is 10.1. The normalized spacial score (nSPS) is 12.4. The molecule has 0 aliphatic heterocycles. The molecule has 1 unspecified atom stereocenters. The molecule has 0 bridgehead atoms. The van der Waals surface area contributed by atoms with Crippen LogP contribution in [0, 0.1) is 0 Å². The SMILES string of the molecule is CC(=O)c1cn(CCC(=O)NC(C)c2nnc3ccccn23)c2ccccc12. The Hall–Kier alpha value is -3.48. The Kier molecular flexibility index (Phi) is 4.65. The molecule has 4 aromatic rings. The average Bonchev–Trinajstić information content (AvgIpc) is 3.28. The number of hydrogen-bond acceptors (Lipinski definition) is 4. The first kappa shape index (κ1) is 17.9. The van der Waals surface area contributed by atoms with Gasteiger partial charge in [0.05, 0.1) is 6.04 Å². The van der Waals surface area contributed by atoms with Gasteiger partial charge in [0.2, 0.25) is 5.91 Å². The fraction of sp³-hybridized carbons (Fsp3) is 0.238. The first-order valence-electron chi connectivity index (χ1n) is 9.22. The molecule has 0 saturated heterocycles. The number of aryl methyl sites for hydroxylation is 1. The Morgan fingerprint density at radius 1 is 1.11 bits per heavy atom. The lowest BCUT2D eigenvalue weighted by Crippen LogP contribution is -2.28. The van der Waals surface area contributed by atoms with E-state index in [1.165, 1.54) is 0 Å².